The fraction of sp³-hybridized carbons (Fsp3) is 0.286. The lowest BCUT2D eigenvalue weighted by Gasteiger charge is -2.12. The van der Waals surface area contributed by atoms with Gasteiger partial charge in [0, 0.05) is 5.02 Å². The summed E-state index contributed by atoms with van der Waals surface area (Å²) < 4.78 is 10.3. The molecule has 2 aromatic carbocycles. The van der Waals surface area contributed by atoms with Crippen LogP contribution in [0.5, 0.6) is 5.75 Å². The number of amides is 1. The number of nitriles is 1. The lowest BCUT2D eigenvalue weighted by atomic mass is 9.98. The van der Waals surface area contributed by atoms with Crippen molar-refractivity contribution in [3.05, 3.63) is 58.1 Å². The molecule has 0 saturated carbocycles. The van der Waals surface area contributed by atoms with E-state index in [9.17, 15) is 9.59 Å². The van der Waals surface area contributed by atoms with Crippen molar-refractivity contribution in [2.75, 3.05) is 18.5 Å². The predicted molar refractivity (Wildman–Crippen MR) is 107 cm³/mol. The van der Waals surface area contributed by atoms with Gasteiger partial charge >= 0.3 is 5.97 Å². The number of ether oxygens (including phenoxy) is 2. The van der Waals surface area contributed by atoms with Gasteiger partial charge in [0.05, 0.1) is 11.3 Å². The molecule has 0 saturated heterocycles. The number of esters is 1. The second-order valence-corrected chi connectivity index (χ2v) is 6.91. The van der Waals surface area contributed by atoms with E-state index in [4.69, 9.17) is 26.3 Å². The SMILES string of the molecule is Cc1cc(OCC(=O)OCC(=O)Nc2cc(Cl)ccc2C#N)ccc1C(C)C. The summed E-state index contributed by atoms with van der Waals surface area (Å²) >= 11 is 5.86. The van der Waals surface area contributed by atoms with Crippen molar-refractivity contribution in [2.24, 2.45) is 0 Å². The molecule has 0 unspecified atom stereocenters. The predicted octanol–water partition coefficient (Wildman–Crippen LogP) is 4.20. The number of aryl methyl sites for hydroxylation is 1. The highest BCUT2D eigenvalue weighted by Crippen LogP contribution is 2.23. The smallest absolute Gasteiger partial charge is 0.344 e. The van der Waals surface area contributed by atoms with Crippen LogP contribution in [0.15, 0.2) is 36.4 Å². The van der Waals surface area contributed by atoms with Gasteiger partial charge in [-0.2, -0.15) is 5.26 Å². The molecule has 0 spiro atoms. The molecule has 0 aliphatic carbocycles. The van der Waals surface area contributed by atoms with Crippen LogP contribution in [0.1, 0.15) is 36.5 Å². The largest absolute Gasteiger partial charge is 0.482 e. The van der Waals surface area contributed by atoms with Crippen molar-refractivity contribution < 1.29 is 19.1 Å². The number of halogens is 1. The summed E-state index contributed by atoms with van der Waals surface area (Å²) in [6.07, 6.45) is 0. The van der Waals surface area contributed by atoms with Gasteiger partial charge in [-0.3, -0.25) is 4.79 Å². The summed E-state index contributed by atoms with van der Waals surface area (Å²) in [5.41, 5.74) is 2.81. The summed E-state index contributed by atoms with van der Waals surface area (Å²) in [6.45, 7) is 5.39. The Kier molecular flexibility index (Phi) is 7.42. The Morgan fingerprint density at radius 2 is 1.93 bits per heavy atom. The number of hydrogen-bond donors (Lipinski definition) is 1. The van der Waals surface area contributed by atoms with Crippen molar-refractivity contribution in [3.8, 4) is 11.8 Å². The molecule has 0 atom stereocenters. The summed E-state index contributed by atoms with van der Waals surface area (Å²) in [4.78, 5) is 23.7. The Balaban J connectivity index is 1.83. The topological polar surface area (TPSA) is 88.4 Å². The lowest BCUT2D eigenvalue weighted by Crippen LogP contribution is -2.24. The number of nitrogens with zero attached hydrogens (tertiary/aromatic N) is 1. The van der Waals surface area contributed by atoms with Gasteiger partial charge in [-0.1, -0.05) is 31.5 Å². The maximum absolute atomic E-state index is 11.9. The molecule has 146 valence electrons. The van der Waals surface area contributed by atoms with Gasteiger partial charge in [-0.15, -0.1) is 0 Å². The number of anilines is 1. The fourth-order valence-corrected chi connectivity index (χ4v) is 2.79. The first-order valence-corrected chi connectivity index (χ1v) is 9.06. The van der Waals surface area contributed by atoms with Gasteiger partial charge in [0.1, 0.15) is 11.8 Å². The van der Waals surface area contributed by atoms with E-state index in [1.54, 1.807) is 12.1 Å². The average molecular weight is 401 g/mol. The Hall–Kier alpha value is -3.04. The monoisotopic (exact) mass is 400 g/mol. The molecule has 6 nitrogen and oxygen atoms in total. The first-order chi connectivity index (χ1) is 13.3. The van der Waals surface area contributed by atoms with Crippen molar-refractivity contribution in [2.45, 2.75) is 26.7 Å². The Labute approximate surface area is 169 Å². The van der Waals surface area contributed by atoms with Gasteiger partial charge in [-0.05, 0) is 54.3 Å². The van der Waals surface area contributed by atoms with Crippen LogP contribution < -0.4 is 10.1 Å². The molecule has 28 heavy (non-hydrogen) atoms. The van der Waals surface area contributed by atoms with Crippen molar-refractivity contribution in [1.29, 1.82) is 5.26 Å². The van der Waals surface area contributed by atoms with Crippen LogP contribution in [-0.2, 0) is 14.3 Å². The normalized spacial score (nSPS) is 10.3. The quantitative estimate of drug-likeness (QED) is 0.703. The van der Waals surface area contributed by atoms with E-state index in [0.717, 1.165) is 5.56 Å². The third-order valence-electron chi connectivity index (χ3n) is 3.96. The van der Waals surface area contributed by atoms with Gasteiger partial charge in [-0.25, -0.2) is 4.79 Å². The molecule has 0 aromatic heterocycles. The van der Waals surface area contributed by atoms with E-state index >= 15 is 0 Å². The van der Waals surface area contributed by atoms with Gasteiger partial charge in [0.25, 0.3) is 5.91 Å². The highest BCUT2D eigenvalue weighted by molar-refractivity contribution is 6.31. The van der Waals surface area contributed by atoms with Gasteiger partial charge < -0.3 is 14.8 Å². The molecule has 1 N–H and O–H groups in total. The lowest BCUT2D eigenvalue weighted by molar-refractivity contribution is -0.149. The van der Waals surface area contributed by atoms with Crippen LogP contribution in [0.3, 0.4) is 0 Å². The minimum Gasteiger partial charge on any atom is -0.482 e. The molecule has 0 aliphatic heterocycles. The second kappa shape index (κ2) is 9.77. The zero-order chi connectivity index (χ0) is 20.7. The minimum absolute atomic E-state index is 0.257. The summed E-state index contributed by atoms with van der Waals surface area (Å²) in [5.74, 6) is -0.295. The zero-order valence-corrected chi connectivity index (χ0v) is 16.7. The van der Waals surface area contributed by atoms with Crippen LogP contribution in [0, 0.1) is 18.3 Å². The number of carbonyl (C=O) groups is 2. The van der Waals surface area contributed by atoms with Crippen LogP contribution in [0.4, 0.5) is 5.69 Å². The molecule has 0 heterocycles. The van der Waals surface area contributed by atoms with Crippen LogP contribution in [0.25, 0.3) is 0 Å². The van der Waals surface area contributed by atoms with E-state index in [2.05, 4.69) is 19.2 Å². The third kappa shape index (κ3) is 6.00. The Morgan fingerprint density at radius 1 is 1.18 bits per heavy atom. The maximum atomic E-state index is 11.9. The molecular weight excluding hydrogens is 380 g/mol. The second-order valence-electron chi connectivity index (χ2n) is 6.47. The molecule has 0 aliphatic rings. The van der Waals surface area contributed by atoms with E-state index in [-0.39, 0.29) is 17.9 Å². The Morgan fingerprint density at radius 3 is 2.57 bits per heavy atom. The average Bonchev–Trinajstić information content (AvgIpc) is 2.64. The summed E-state index contributed by atoms with van der Waals surface area (Å²) in [7, 11) is 0. The first-order valence-electron chi connectivity index (χ1n) is 8.68. The maximum Gasteiger partial charge on any atom is 0.344 e. The fourth-order valence-electron chi connectivity index (χ4n) is 2.62. The van der Waals surface area contributed by atoms with Crippen LogP contribution >= 0.6 is 11.6 Å². The Bertz CT molecular complexity index is 919. The number of carbonyl (C=O) groups excluding carboxylic acids is 2. The number of nitrogens with one attached hydrogen (secondary N) is 1. The van der Waals surface area contributed by atoms with Gasteiger partial charge in [0.2, 0.25) is 0 Å². The van der Waals surface area contributed by atoms with Crippen molar-refractivity contribution in [3.63, 3.8) is 0 Å². The highest BCUT2D eigenvalue weighted by Gasteiger charge is 2.12. The third-order valence-corrected chi connectivity index (χ3v) is 4.20. The highest BCUT2D eigenvalue weighted by atomic mass is 35.5. The molecule has 0 radical (unpaired) electrons. The van der Waals surface area contributed by atoms with E-state index in [0.29, 0.717) is 16.7 Å². The molecule has 1 amide bonds. The molecule has 2 aromatic rings. The van der Waals surface area contributed by atoms with E-state index < -0.39 is 18.5 Å². The molecule has 7 heteroatoms. The molecule has 0 bridgehead atoms. The first kappa shape index (κ1) is 21.3. The minimum atomic E-state index is -0.674. The van der Waals surface area contributed by atoms with Crippen LogP contribution in [0.2, 0.25) is 5.02 Å². The van der Waals surface area contributed by atoms with Crippen molar-refractivity contribution >= 4 is 29.2 Å². The molecule has 0 fully saturated rings. The van der Waals surface area contributed by atoms with Crippen LogP contribution in [-0.4, -0.2) is 25.1 Å². The standard InChI is InChI=1S/C21H21ClN2O4/c1-13(2)18-7-6-17(8-14(18)3)27-12-21(26)28-11-20(25)24-19-9-16(22)5-4-15(19)10-23/h4-9,13H,11-12H2,1-3H3,(H,24,25). The summed E-state index contributed by atoms with van der Waals surface area (Å²) in [6, 6.07) is 12.1. The number of benzene rings is 2. The van der Waals surface area contributed by atoms with Crippen molar-refractivity contribution in [1.82, 2.24) is 0 Å². The molecule has 2 rings (SSSR count). The number of hydrogen-bond acceptors (Lipinski definition) is 5. The van der Waals surface area contributed by atoms with Gasteiger partial charge in [0.15, 0.2) is 13.2 Å². The van der Waals surface area contributed by atoms with E-state index in [1.807, 2.05) is 25.1 Å². The van der Waals surface area contributed by atoms with E-state index in [1.165, 1.54) is 17.7 Å². The molecular formula is C21H21ClN2O4. The number of rotatable bonds is 7. The zero-order valence-electron chi connectivity index (χ0n) is 15.9. The summed E-state index contributed by atoms with van der Waals surface area (Å²) in [5, 5.41) is 11.9.